The molecule has 2 aliphatic rings. The Bertz CT molecular complexity index is 1640. The third-order valence-corrected chi connectivity index (χ3v) is 7.05. The van der Waals surface area contributed by atoms with Crippen molar-refractivity contribution >= 4 is 28.4 Å². The number of fused-ring (bicyclic) bond motifs is 3. The average Bonchev–Trinajstić information content (AvgIpc) is 3.68. The summed E-state index contributed by atoms with van der Waals surface area (Å²) >= 11 is 0. The molecule has 3 aromatic heterocycles. The number of aromatic nitrogens is 6. The lowest BCUT2D eigenvalue weighted by atomic mass is 10.2. The summed E-state index contributed by atoms with van der Waals surface area (Å²) in [4.78, 5) is 20.5. The van der Waals surface area contributed by atoms with Gasteiger partial charge < -0.3 is 20.3 Å². The first-order chi connectivity index (χ1) is 18.6. The molecule has 2 bridgehead atoms. The molecular formula is C27H24FN9O. The molecule has 2 saturated heterocycles. The van der Waals surface area contributed by atoms with Gasteiger partial charge >= 0.3 is 0 Å². The van der Waals surface area contributed by atoms with Crippen molar-refractivity contribution in [1.29, 1.82) is 0 Å². The van der Waals surface area contributed by atoms with E-state index in [-0.39, 0.29) is 5.82 Å². The highest BCUT2D eigenvalue weighted by atomic mass is 19.1. The molecule has 0 unspecified atom stereocenters. The standard InChI is InChI=1S/C27H24FN9O/c1-38-20-5-6-21-22(11-20)37(35-27(21)32-23-14-29-7-8-30-23)25-12-24(36-15-18-10-19(36)13-31-18)33-26(34-25)16-3-2-4-17(28)9-16/h2-9,11-12,14,18-19,31H,10,13,15H2,1H3,(H,30,32,35)/t18-,19-/m0/s1. The van der Waals surface area contributed by atoms with E-state index in [0.29, 0.717) is 46.7 Å². The number of hydrogen-bond donors (Lipinski definition) is 2. The minimum atomic E-state index is -0.341. The maximum absolute atomic E-state index is 14.2. The van der Waals surface area contributed by atoms with Crippen LogP contribution in [-0.4, -0.2) is 62.0 Å². The SMILES string of the molecule is COc1ccc2c(Nc3cnccn3)nn(-c3cc(N4C[C@@H]5C[C@H]4CN5)nc(-c4cccc(F)c4)n3)c2c1. The number of piperazine rings is 1. The maximum atomic E-state index is 14.2. The summed E-state index contributed by atoms with van der Waals surface area (Å²) in [5, 5.41) is 12.5. The van der Waals surface area contributed by atoms with Crippen molar-refractivity contribution in [3.8, 4) is 23.0 Å². The van der Waals surface area contributed by atoms with E-state index in [4.69, 9.17) is 19.8 Å². The zero-order chi connectivity index (χ0) is 25.6. The van der Waals surface area contributed by atoms with Gasteiger partial charge in [0.25, 0.3) is 0 Å². The molecule has 0 aliphatic carbocycles. The first kappa shape index (κ1) is 22.5. The monoisotopic (exact) mass is 509 g/mol. The van der Waals surface area contributed by atoms with Gasteiger partial charge in [0.05, 0.1) is 18.8 Å². The van der Waals surface area contributed by atoms with Gasteiger partial charge in [-0.3, -0.25) is 4.98 Å². The third-order valence-electron chi connectivity index (χ3n) is 7.05. The average molecular weight is 510 g/mol. The molecule has 5 heterocycles. The minimum absolute atomic E-state index is 0.341. The number of hydrogen-bond acceptors (Lipinski definition) is 9. The highest BCUT2D eigenvalue weighted by molar-refractivity contribution is 5.93. The van der Waals surface area contributed by atoms with Crippen LogP contribution in [0, 0.1) is 5.82 Å². The van der Waals surface area contributed by atoms with Gasteiger partial charge in [0.1, 0.15) is 23.2 Å². The zero-order valence-electron chi connectivity index (χ0n) is 20.5. The number of nitrogens with one attached hydrogen (secondary N) is 2. The van der Waals surface area contributed by atoms with Crippen molar-refractivity contribution in [2.45, 2.75) is 18.5 Å². The fraction of sp³-hybridized carbons (Fsp3) is 0.222. The number of ether oxygens (including phenoxy) is 1. The van der Waals surface area contributed by atoms with Crippen LogP contribution in [0.3, 0.4) is 0 Å². The van der Waals surface area contributed by atoms with Crippen LogP contribution in [0.5, 0.6) is 5.75 Å². The predicted octanol–water partition coefficient (Wildman–Crippen LogP) is 3.71. The van der Waals surface area contributed by atoms with E-state index in [9.17, 15) is 4.39 Å². The molecule has 2 N–H and O–H groups in total. The molecule has 2 aromatic carbocycles. The van der Waals surface area contributed by atoms with Gasteiger partial charge in [-0.15, -0.1) is 5.10 Å². The molecule has 0 spiro atoms. The number of nitrogens with zero attached hydrogens (tertiary/aromatic N) is 7. The van der Waals surface area contributed by atoms with E-state index in [0.717, 1.165) is 36.2 Å². The summed E-state index contributed by atoms with van der Waals surface area (Å²) in [6.07, 6.45) is 5.94. The lowest BCUT2D eigenvalue weighted by Gasteiger charge is -2.29. The molecule has 2 fully saturated rings. The Kier molecular flexibility index (Phi) is 5.36. The fourth-order valence-electron chi connectivity index (χ4n) is 5.25. The van der Waals surface area contributed by atoms with Crippen LogP contribution < -0.4 is 20.3 Å². The Morgan fingerprint density at radius 3 is 2.76 bits per heavy atom. The van der Waals surface area contributed by atoms with Crippen LogP contribution in [-0.2, 0) is 0 Å². The summed E-state index contributed by atoms with van der Waals surface area (Å²) in [5.74, 6) is 3.30. The second kappa shape index (κ2) is 9.03. The molecule has 2 aliphatic heterocycles. The summed E-state index contributed by atoms with van der Waals surface area (Å²) < 4.78 is 21.5. The summed E-state index contributed by atoms with van der Waals surface area (Å²) in [5.41, 5.74) is 1.39. The first-order valence-corrected chi connectivity index (χ1v) is 12.4. The van der Waals surface area contributed by atoms with Crippen LogP contribution in [0.2, 0.25) is 0 Å². The van der Waals surface area contributed by atoms with Crippen LogP contribution in [0.4, 0.5) is 21.8 Å². The lowest BCUT2D eigenvalue weighted by Crippen LogP contribution is -2.44. The lowest BCUT2D eigenvalue weighted by molar-refractivity contribution is 0.415. The molecule has 0 saturated carbocycles. The smallest absolute Gasteiger partial charge is 0.164 e. The quantitative estimate of drug-likeness (QED) is 0.354. The molecule has 0 radical (unpaired) electrons. The molecule has 7 rings (SSSR count). The minimum Gasteiger partial charge on any atom is -0.497 e. The molecule has 190 valence electrons. The van der Waals surface area contributed by atoms with Gasteiger partial charge in [-0.25, -0.2) is 24.0 Å². The van der Waals surface area contributed by atoms with E-state index in [1.54, 1.807) is 36.4 Å². The Morgan fingerprint density at radius 1 is 1.08 bits per heavy atom. The van der Waals surface area contributed by atoms with Gasteiger partial charge in [0, 0.05) is 60.6 Å². The third kappa shape index (κ3) is 3.97. The molecule has 10 nitrogen and oxygen atoms in total. The van der Waals surface area contributed by atoms with Crippen LogP contribution in [0.1, 0.15) is 6.42 Å². The maximum Gasteiger partial charge on any atom is 0.164 e. The van der Waals surface area contributed by atoms with E-state index >= 15 is 0 Å². The fourth-order valence-corrected chi connectivity index (χ4v) is 5.25. The van der Waals surface area contributed by atoms with E-state index in [1.165, 1.54) is 12.1 Å². The van der Waals surface area contributed by atoms with Gasteiger partial charge in [0.15, 0.2) is 17.5 Å². The van der Waals surface area contributed by atoms with Crippen molar-refractivity contribution in [3.05, 3.63) is 72.9 Å². The molecule has 0 amide bonds. The van der Waals surface area contributed by atoms with E-state index in [2.05, 4.69) is 25.5 Å². The van der Waals surface area contributed by atoms with Crippen molar-refractivity contribution in [3.63, 3.8) is 0 Å². The van der Waals surface area contributed by atoms with Gasteiger partial charge in [-0.2, -0.15) is 0 Å². The highest BCUT2D eigenvalue weighted by Gasteiger charge is 2.38. The summed E-state index contributed by atoms with van der Waals surface area (Å²) in [7, 11) is 1.63. The Morgan fingerprint density at radius 2 is 2.00 bits per heavy atom. The molecule has 11 heteroatoms. The zero-order valence-corrected chi connectivity index (χ0v) is 20.5. The predicted molar refractivity (Wildman–Crippen MR) is 141 cm³/mol. The molecule has 38 heavy (non-hydrogen) atoms. The largest absolute Gasteiger partial charge is 0.497 e. The Labute approximate surface area is 217 Å². The summed E-state index contributed by atoms with van der Waals surface area (Å²) in [6, 6.07) is 14.8. The Balaban J connectivity index is 1.41. The highest BCUT2D eigenvalue weighted by Crippen LogP contribution is 2.34. The summed E-state index contributed by atoms with van der Waals surface area (Å²) in [6.45, 7) is 1.77. The van der Waals surface area contributed by atoms with Crippen molar-refractivity contribution in [2.24, 2.45) is 0 Å². The number of rotatable bonds is 6. The van der Waals surface area contributed by atoms with Crippen molar-refractivity contribution in [1.82, 2.24) is 35.0 Å². The molecule has 2 atom stereocenters. The number of methoxy groups -OCH3 is 1. The van der Waals surface area contributed by atoms with Crippen LogP contribution in [0.15, 0.2) is 67.1 Å². The molecule has 5 aromatic rings. The van der Waals surface area contributed by atoms with Crippen LogP contribution >= 0.6 is 0 Å². The van der Waals surface area contributed by atoms with Gasteiger partial charge in [-0.1, -0.05) is 12.1 Å². The second-order valence-electron chi connectivity index (χ2n) is 9.42. The van der Waals surface area contributed by atoms with Crippen molar-refractivity contribution in [2.75, 3.05) is 30.4 Å². The van der Waals surface area contributed by atoms with Crippen LogP contribution in [0.25, 0.3) is 28.1 Å². The number of benzene rings is 2. The number of anilines is 3. The van der Waals surface area contributed by atoms with Gasteiger partial charge in [-0.05, 0) is 30.7 Å². The number of halogens is 1. The van der Waals surface area contributed by atoms with Crippen molar-refractivity contribution < 1.29 is 9.13 Å². The Hall–Kier alpha value is -4.64. The van der Waals surface area contributed by atoms with E-state index in [1.807, 2.05) is 30.3 Å². The first-order valence-electron chi connectivity index (χ1n) is 12.4. The second-order valence-corrected chi connectivity index (χ2v) is 9.42. The topological polar surface area (TPSA) is 106 Å². The van der Waals surface area contributed by atoms with E-state index < -0.39 is 0 Å². The normalized spacial score (nSPS) is 18.3. The van der Waals surface area contributed by atoms with Gasteiger partial charge in [0.2, 0.25) is 0 Å². The molecular weight excluding hydrogens is 485 g/mol.